The van der Waals surface area contributed by atoms with Gasteiger partial charge in [-0.15, -0.1) is 0 Å². The standard InChI is InChI=1S/C21H21ClN4O5S/c1-13-9-15(10-23-21(13)31-16-7-5-14(22)6-8-16)26(32(29)30)19-4-2-3-18-17(19)11-24-25(18)12-20(27)28/h5-11,19H,2-4,12H2,1H3,(H,27,28)(H,29,30)/p-1. The molecule has 0 bridgehead atoms. The van der Waals surface area contributed by atoms with Crippen LogP contribution in [0.1, 0.15) is 35.7 Å². The zero-order chi connectivity index (χ0) is 22.8. The number of aliphatic carboxylic acids is 1. The lowest BCUT2D eigenvalue weighted by molar-refractivity contribution is -0.137. The van der Waals surface area contributed by atoms with E-state index >= 15 is 0 Å². The maximum Gasteiger partial charge on any atom is 0.325 e. The van der Waals surface area contributed by atoms with E-state index in [1.807, 2.05) is 0 Å². The molecule has 1 N–H and O–H groups in total. The molecule has 168 valence electrons. The van der Waals surface area contributed by atoms with Gasteiger partial charge in [0.2, 0.25) is 5.88 Å². The summed E-state index contributed by atoms with van der Waals surface area (Å²) in [5.74, 6) is -0.0885. The first kappa shape index (κ1) is 22.3. The molecule has 1 aliphatic rings. The topological polar surface area (TPSA) is 121 Å². The number of rotatable bonds is 7. The number of ether oxygens (including phenoxy) is 1. The maximum atomic E-state index is 12.2. The summed E-state index contributed by atoms with van der Waals surface area (Å²) < 4.78 is 33.0. The van der Waals surface area contributed by atoms with Crippen molar-refractivity contribution in [3.8, 4) is 11.6 Å². The molecule has 0 saturated heterocycles. The van der Waals surface area contributed by atoms with Crippen LogP contribution in [0.2, 0.25) is 5.02 Å². The third-order valence-corrected chi connectivity index (χ3v) is 6.30. The molecule has 2 atom stereocenters. The Bertz CT molecular complexity index is 1170. The Morgan fingerprint density at radius 2 is 2.12 bits per heavy atom. The van der Waals surface area contributed by atoms with Crippen LogP contribution in [0.25, 0.3) is 0 Å². The molecule has 11 heteroatoms. The molecule has 0 fully saturated rings. The largest absolute Gasteiger partial charge is 0.755 e. The van der Waals surface area contributed by atoms with Gasteiger partial charge >= 0.3 is 5.97 Å². The minimum atomic E-state index is -2.58. The van der Waals surface area contributed by atoms with Crippen molar-refractivity contribution in [3.63, 3.8) is 0 Å². The lowest BCUT2D eigenvalue weighted by Gasteiger charge is -2.36. The first-order chi connectivity index (χ1) is 15.3. The number of hydrogen-bond acceptors (Lipinski definition) is 6. The quantitative estimate of drug-likeness (QED) is 0.516. The molecule has 0 amide bonds. The number of nitrogens with zero attached hydrogens (tertiary/aromatic N) is 4. The van der Waals surface area contributed by atoms with Crippen molar-refractivity contribution < 1.29 is 23.4 Å². The van der Waals surface area contributed by atoms with Crippen molar-refractivity contribution in [1.29, 1.82) is 0 Å². The second-order valence-corrected chi connectivity index (χ2v) is 8.68. The van der Waals surface area contributed by atoms with Crippen LogP contribution in [0.3, 0.4) is 0 Å². The van der Waals surface area contributed by atoms with Gasteiger partial charge in [0.1, 0.15) is 12.3 Å². The number of aromatic nitrogens is 3. The van der Waals surface area contributed by atoms with E-state index in [1.165, 1.54) is 15.2 Å². The van der Waals surface area contributed by atoms with Crippen LogP contribution in [0.4, 0.5) is 5.69 Å². The highest BCUT2D eigenvalue weighted by atomic mass is 35.5. The number of fused-ring (bicyclic) bond motifs is 1. The Kier molecular flexibility index (Phi) is 6.45. The predicted octanol–water partition coefficient (Wildman–Crippen LogP) is 3.79. The second-order valence-electron chi connectivity index (χ2n) is 7.42. The van der Waals surface area contributed by atoms with E-state index in [-0.39, 0.29) is 6.54 Å². The maximum absolute atomic E-state index is 12.2. The molecule has 32 heavy (non-hydrogen) atoms. The second kappa shape index (κ2) is 9.27. The lowest BCUT2D eigenvalue weighted by Crippen LogP contribution is -2.33. The lowest BCUT2D eigenvalue weighted by atomic mass is 9.92. The predicted molar refractivity (Wildman–Crippen MR) is 117 cm³/mol. The van der Waals surface area contributed by atoms with Gasteiger partial charge in [-0.25, -0.2) is 4.98 Å². The molecule has 0 radical (unpaired) electrons. The Balaban J connectivity index is 1.63. The number of benzene rings is 1. The van der Waals surface area contributed by atoms with Crippen molar-refractivity contribution in [2.45, 2.75) is 38.8 Å². The molecule has 2 unspecified atom stereocenters. The van der Waals surface area contributed by atoms with Crippen LogP contribution in [0, 0.1) is 6.92 Å². The van der Waals surface area contributed by atoms with Crippen molar-refractivity contribution in [2.24, 2.45) is 0 Å². The Morgan fingerprint density at radius 1 is 1.38 bits per heavy atom. The Hall–Kier alpha value is -2.95. The molecule has 4 rings (SSSR count). The van der Waals surface area contributed by atoms with Crippen molar-refractivity contribution in [3.05, 3.63) is 64.6 Å². The average Bonchev–Trinajstić information content (AvgIpc) is 3.14. The van der Waals surface area contributed by atoms with Crippen LogP contribution in [0.5, 0.6) is 11.6 Å². The first-order valence-corrected chi connectivity index (χ1v) is 11.3. The van der Waals surface area contributed by atoms with Gasteiger partial charge in [-0.3, -0.25) is 18.0 Å². The monoisotopic (exact) mass is 475 g/mol. The molecule has 1 aromatic carbocycles. The fourth-order valence-corrected chi connectivity index (χ4v) is 4.69. The molecule has 2 heterocycles. The SMILES string of the molecule is Cc1cc(N(C2CCCc3c2cnn3CC(=O)O)S(=O)[O-])cnc1Oc1ccc(Cl)cc1. The van der Waals surface area contributed by atoms with Gasteiger partial charge in [-0.1, -0.05) is 11.6 Å². The molecule has 0 spiro atoms. The van der Waals surface area contributed by atoms with Crippen molar-refractivity contribution >= 4 is 34.5 Å². The summed E-state index contributed by atoms with van der Waals surface area (Å²) in [5.41, 5.74) is 2.50. The highest BCUT2D eigenvalue weighted by Gasteiger charge is 2.31. The van der Waals surface area contributed by atoms with E-state index in [1.54, 1.807) is 43.5 Å². The zero-order valence-electron chi connectivity index (χ0n) is 17.1. The number of carboxylic acids is 1. The number of pyridine rings is 1. The fourth-order valence-electron chi connectivity index (χ4n) is 3.86. The van der Waals surface area contributed by atoms with Crippen molar-refractivity contribution in [2.75, 3.05) is 4.31 Å². The van der Waals surface area contributed by atoms with Crippen molar-refractivity contribution in [1.82, 2.24) is 14.8 Å². The van der Waals surface area contributed by atoms with Crippen LogP contribution in [-0.2, 0) is 29.0 Å². The van der Waals surface area contributed by atoms with Gasteiger partial charge in [0.25, 0.3) is 0 Å². The minimum absolute atomic E-state index is 0.264. The van der Waals surface area contributed by atoms with Crippen LogP contribution in [0.15, 0.2) is 42.7 Å². The van der Waals surface area contributed by atoms with E-state index < -0.39 is 23.3 Å². The summed E-state index contributed by atoms with van der Waals surface area (Å²) in [4.78, 5) is 15.4. The smallest absolute Gasteiger partial charge is 0.325 e. The number of halogens is 1. The third kappa shape index (κ3) is 4.62. The fraction of sp³-hybridized carbons (Fsp3) is 0.286. The summed E-state index contributed by atoms with van der Waals surface area (Å²) in [6.45, 7) is 1.52. The van der Waals surface area contributed by atoms with E-state index in [0.717, 1.165) is 5.69 Å². The van der Waals surface area contributed by atoms with Gasteiger partial charge in [0.05, 0.1) is 24.1 Å². The summed E-state index contributed by atoms with van der Waals surface area (Å²) in [5, 5.41) is 13.9. The van der Waals surface area contributed by atoms with E-state index in [0.29, 0.717) is 52.7 Å². The number of aryl methyl sites for hydroxylation is 1. The van der Waals surface area contributed by atoms with Crippen LogP contribution >= 0.6 is 11.6 Å². The van der Waals surface area contributed by atoms with Gasteiger partial charge in [-0.05, 0) is 56.5 Å². The normalized spacial score (nSPS) is 16.3. The van der Waals surface area contributed by atoms with E-state index in [4.69, 9.17) is 21.4 Å². The van der Waals surface area contributed by atoms with Gasteiger partial charge < -0.3 is 14.4 Å². The highest BCUT2D eigenvalue weighted by molar-refractivity contribution is 7.80. The number of anilines is 1. The van der Waals surface area contributed by atoms with Crippen LogP contribution in [-0.4, -0.2) is 34.6 Å². The average molecular weight is 476 g/mol. The highest BCUT2D eigenvalue weighted by Crippen LogP contribution is 2.38. The van der Waals surface area contributed by atoms with Gasteiger partial charge in [0.15, 0.2) is 0 Å². The summed E-state index contributed by atoms with van der Waals surface area (Å²) in [6.07, 6.45) is 4.94. The molecular formula is C21H20ClN4O5S-. The molecule has 3 aromatic rings. The zero-order valence-corrected chi connectivity index (χ0v) is 18.7. The molecule has 2 aromatic heterocycles. The molecular weight excluding hydrogens is 456 g/mol. The summed E-state index contributed by atoms with van der Waals surface area (Å²) >= 11 is 3.32. The third-order valence-electron chi connectivity index (χ3n) is 5.26. The van der Waals surface area contributed by atoms with E-state index in [2.05, 4.69) is 10.1 Å². The Labute approximate surface area is 192 Å². The van der Waals surface area contributed by atoms with Crippen LogP contribution < -0.4 is 9.04 Å². The first-order valence-electron chi connectivity index (χ1n) is 9.88. The summed E-state index contributed by atoms with van der Waals surface area (Å²) in [6, 6.07) is 8.04. The summed E-state index contributed by atoms with van der Waals surface area (Å²) in [7, 11) is 0. The minimum Gasteiger partial charge on any atom is -0.755 e. The number of hydrogen-bond donors (Lipinski definition) is 1. The van der Waals surface area contributed by atoms with Gasteiger partial charge in [0, 0.05) is 33.1 Å². The molecule has 1 aliphatic carbocycles. The van der Waals surface area contributed by atoms with E-state index in [9.17, 15) is 13.6 Å². The van der Waals surface area contributed by atoms with Gasteiger partial charge in [-0.2, -0.15) is 5.10 Å². The number of carboxylic acid groups (broad SMARTS) is 1. The molecule has 0 aliphatic heterocycles. The Morgan fingerprint density at radius 3 is 2.78 bits per heavy atom. The molecule has 9 nitrogen and oxygen atoms in total. The molecule has 0 saturated carbocycles. The number of carbonyl (C=O) groups is 1.